The maximum absolute atomic E-state index is 13.4. The Morgan fingerprint density at radius 3 is 2.75 bits per heavy atom. The van der Waals surface area contributed by atoms with Crippen molar-refractivity contribution in [1.29, 1.82) is 0 Å². The molecule has 24 heavy (non-hydrogen) atoms. The van der Waals surface area contributed by atoms with E-state index in [4.69, 9.17) is 0 Å². The smallest absolute Gasteiger partial charge is 0.356 e. The van der Waals surface area contributed by atoms with Gasteiger partial charge < -0.3 is 10.2 Å². The van der Waals surface area contributed by atoms with Gasteiger partial charge in [-0.05, 0) is 39.0 Å². The lowest BCUT2D eigenvalue weighted by Crippen LogP contribution is -2.33. The molecule has 1 aliphatic heterocycles. The van der Waals surface area contributed by atoms with Crippen LogP contribution in [0.25, 0.3) is 0 Å². The number of nitrogens with one attached hydrogen (secondary N) is 1. The van der Waals surface area contributed by atoms with Crippen LogP contribution in [0, 0.1) is 5.92 Å². The lowest BCUT2D eigenvalue weighted by atomic mass is 9.94. The van der Waals surface area contributed by atoms with Crippen LogP contribution in [0.1, 0.15) is 43.1 Å². The molecule has 0 unspecified atom stereocenters. The van der Waals surface area contributed by atoms with E-state index in [-0.39, 0.29) is 23.3 Å². The molecule has 2 aliphatic rings. The van der Waals surface area contributed by atoms with E-state index in [9.17, 15) is 18.0 Å². The molecule has 5 nitrogen and oxygen atoms in total. The molecule has 132 valence electrons. The van der Waals surface area contributed by atoms with Crippen LogP contribution in [0.4, 0.5) is 19.1 Å². The van der Waals surface area contributed by atoms with E-state index in [0.717, 1.165) is 12.8 Å². The molecule has 0 aromatic carbocycles. The van der Waals surface area contributed by atoms with Crippen molar-refractivity contribution >= 4 is 11.9 Å². The number of carbonyl (C=O) groups excluding carboxylic acids is 1. The lowest BCUT2D eigenvalue weighted by Gasteiger charge is -2.23. The first-order chi connectivity index (χ1) is 11.4. The SMILES string of the molecule is CCNC(=O)[C@H]1CCN(c2nc3c(c(C(F)(F)F)n2)CCCC3)C1. The zero-order chi connectivity index (χ0) is 17.3. The van der Waals surface area contributed by atoms with Gasteiger partial charge in [-0.2, -0.15) is 13.2 Å². The van der Waals surface area contributed by atoms with E-state index in [1.165, 1.54) is 0 Å². The Morgan fingerprint density at radius 1 is 1.29 bits per heavy atom. The van der Waals surface area contributed by atoms with E-state index in [2.05, 4.69) is 15.3 Å². The summed E-state index contributed by atoms with van der Waals surface area (Å²) >= 11 is 0. The van der Waals surface area contributed by atoms with Gasteiger partial charge in [0.2, 0.25) is 11.9 Å². The van der Waals surface area contributed by atoms with Crippen LogP contribution in [0.2, 0.25) is 0 Å². The Hall–Kier alpha value is -1.86. The molecule has 3 rings (SSSR count). The number of aromatic nitrogens is 2. The summed E-state index contributed by atoms with van der Waals surface area (Å²) in [6.07, 6.45) is -1.34. The van der Waals surface area contributed by atoms with Gasteiger partial charge in [-0.3, -0.25) is 4.79 Å². The van der Waals surface area contributed by atoms with Crippen LogP contribution in [0.3, 0.4) is 0 Å². The minimum atomic E-state index is -4.47. The van der Waals surface area contributed by atoms with Crippen molar-refractivity contribution in [1.82, 2.24) is 15.3 Å². The molecule has 1 saturated heterocycles. The molecule has 0 saturated carbocycles. The summed E-state index contributed by atoms with van der Waals surface area (Å²) in [5.41, 5.74) is -0.0410. The van der Waals surface area contributed by atoms with Crippen molar-refractivity contribution in [3.8, 4) is 0 Å². The molecule has 1 fully saturated rings. The quantitative estimate of drug-likeness (QED) is 0.916. The van der Waals surface area contributed by atoms with Crippen LogP contribution in [-0.2, 0) is 23.8 Å². The highest BCUT2D eigenvalue weighted by Gasteiger charge is 2.39. The summed E-state index contributed by atoms with van der Waals surface area (Å²) < 4.78 is 40.1. The van der Waals surface area contributed by atoms with E-state index >= 15 is 0 Å². The van der Waals surface area contributed by atoms with E-state index in [1.807, 2.05) is 6.92 Å². The van der Waals surface area contributed by atoms with Crippen molar-refractivity contribution in [2.24, 2.45) is 5.92 Å². The normalized spacial score (nSPS) is 20.8. The second kappa shape index (κ2) is 6.57. The Kier molecular flexibility index (Phi) is 4.64. The van der Waals surface area contributed by atoms with Gasteiger partial charge in [0.1, 0.15) is 0 Å². The number of anilines is 1. The number of aryl methyl sites for hydroxylation is 1. The molecule has 2 heterocycles. The topological polar surface area (TPSA) is 58.1 Å². The van der Waals surface area contributed by atoms with E-state index in [1.54, 1.807) is 4.90 Å². The number of fused-ring (bicyclic) bond motifs is 1. The molecule has 0 bridgehead atoms. The third-order valence-corrected chi connectivity index (χ3v) is 4.63. The maximum atomic E-state index is 13.4. The average Bonchev–Trinajstić information content (AvgIpc) is 3.03. The fourth-order valence-electron chi connectivity index (χ4n) is 3.43. The minimum absolute atomic E-state index is 0.0611. The molecule has 1 N–H and O–H groups in total. The van der Waals surface area contributed by atoms with Gasteiger partial charge in [-0.1, -0.05) is 0 Å². The molecular weight excluding hydrogens is 321 g/mol. The van der Waals surface area contributed by atoms with Crippen molar-refractivity contribution in [3.05, 3.63) is 17.0 Å². The van der Waals surface area contributed by atoms with Crippen LogP contribution >= 0.6 is 0 Å². The summed E-state index contributed by atoms with van der Waals surface area (Å²) in [5.74, 6) is -0.178. The van der Waals surface area contributed by atoms with Crippen LogP contribution in [0.5, 0.6) is 0 Å². The van der Waals surface area contributed by atoms with Crippen LogP contribution in [0.15, 0.2) is 0 Å². The zero-order valence-electron chi connectivity index (χ0n) is 13.6. The predicted octanol–water partition coefficient (Wildman–Crippen LogP) is 2.34. The number of nitrogens with zero attached hydrogens (tertiary/aromatic N) is 3. The first kappa shape index (κ1) is 17.0. The van der Waals surface area contributed by atoms with Gasteiger partial charge in [0.25, 0.3) is 0 Å². The van der Waals surface area contributed by atoms with Crippen molar-refractivity contribution in [2.75, 3.05) is 24.5 Å². The summed E-state index contributed by atoms with van der Waals surface area (Å²) in [6.45, 7) is 3.25. The van der Waals surface area contributed by atoms with Crippen molar-refractivity contribution in [2.45, 2.75) is 45.2 Å². The Morgan fingerprint density at radius 2 is 2.04 bits per heavy atom. The predicted molar refractivity (Wildman–Crippen MR) is 82.7 cm³/mol. The van der Waals surface area contributed by atoms with Gasteiger partial charge in [-0.15, -0.1) is 0 Å². The lowest BCUT2D eigenvalue weighted by molar-refractivity contribution is -0.142. The summed E-state index contributed by atoms with van der Waals surface area (Å²) in [7, 11) is 0. The fraction of sp³-hybridized carbons (Fsp3) is 0.688. The minimum Gasteiger partial charge on any atom is -0.356 e. The molecule has 0 spiro atoms. The van der Waals surface area contributed by atoms with Gasteiger partial charge >= 0.3 is 6.18 Å². The van der Waals surface area contributed by atoms with Crippen LogP contribution < -0.4 is 10.2 Å². The number of carbonyl (C=O) groups is 1. The van der Waals surface area contributed by atoms with Gasteiger partial charge in [0, 0.05) is 30.9 Å². The van der Waals surface area contributed by atoms with Gasteiger partial charge in [0.05, 0.1) is 5.92 Å². The number of alkyl halides is 3. The third-order valence-electron chi connectivity index (χ3n) is 4.63. The zero-order valence-corrected chi connectivity index (χ0v) is 13.6. The monoisotopic (exact) mass is 342 g/mol. The van der Waals surface area contributed by atoms with Crippen LogP contribution in [-0.4, -0.2) is 35.5 Å². The molecule has 1 amide bonds. The molecule has 1 aliphatic carbocycles. The second-order valence-corrected chi connectivity index (χ2v) is 6.33. The first-order valence-electron chi connectivity index (χ1n) is 8.39. The summed E-state index contributed by atoms with van der Waals surface area (Å²) in [4.78, 5) is 21.9. The van der Waals surface area contributed by atoms with Gasteiger partial charge in [-0.25, -0.2) is 9.97 Å². The Bertz CT molecular complexity index is 632. The molecule has 1 aromatic heterocycles. The molecule has 1 atom stereocenters. The van der Waals surface area contributed by atoms with Crippen molar-refractivity contribution < 1.29 is 18.0 Å². The highest BCUT2D eigenvalue weighted by Crippen LogP contribution is 2.36. The highest BCUT2D eigenvalue weighted by molar-refractivity contribution is 5.79. The largest absolute Gasteiger partial charge is 0.433 e. The standard InChI is InChI=1S/C16H21F3N4O/c1-2-20-14(24)10-7-8-23(9-10)15-21-12-6-4-3-5-11(12)13(22-15)16(17,18)19/h10H,2-9H2,1H3,(H,20,24)/t10-/m0/s1. The number of hydrogen-bond donors (Lipinski definition) is 1. The van der Waals surface area contributed by atoms with E-state index < -0.39 is 11.9 Å². The van der Waals surface area contributed by atoms with E-state index in [0.29, 0.717) is 44.6 Å². The fourth-order valence-corrected chi connectivity index (χ4v) is 3.43. The number of halogens is 3. The number of rotatable bonds is 3. The Labute approximate surface area is 138 Å². The van der Waals surface area contributed by atoms with Crippen molar-refractivity contribution in [3.63, 3.8) is 0 Å². The number of hydrogen-bond acceptors (Lipinski definition) is 4. The number of amides is 1. The first-order valence-corrected chi connectivity index (χ1v) is 8.39. The third kappa shape index (κ3) is 3.32. The molecule has 8 heteroatoms. The summed E-state index contributed by atoms with van der Waals surface area (Å²) in [5, 5.41) is 2.76. The molecular formula is C16H21F3N4O. The molecule has 0 radical (unpaired) electrons. The summed E-state index contributed by atoms with van der Waals surface area (Å²) in [6, 6.07) is 0. The average molecular weight is 342 g/mol. The molecule has 1 aromatic rings. The Balaban J connectivity index is 1.88. The highest BCUT2D eigenvalue weighted by atomic mass is 19.4. The second-order valence-electron chi connectivity index (χ2n) is 6.33. The van der Waals surface area contributed by atoms with Gasteiger partial charge in [0.15, 0.2) is 5.69 Å². The maximum Gasteiger partial charge on any atom is 0.433 e.